The predicted octanol–water partition coefficient (Wildman–Crippen LogP) is 1.67. The molecule has 1 aliphatic heterocycles. The van der Waals surface area contributed by atoms with Gasteiger partial charge in [0.05, 0.1) is 26.3 Å². The molecule has 1 rings (SSSR count). The van der Waals surface area contributed by atoms with Gasteiger partial charge >= 0.3 is 7.60 Å². The molecule has 4 nitrogen and oxygen atoms in total. The standard InChI is InChI=1S/C11H24NO3P/c1-3-14-16(13,15-4-2)11-12-9-7-5-6-8-10-12/h3-11H2,1-2H3/p+1. The highest BCUT2D eigenvalue weighted by Crippen LogP contribution is 2.45. The van der Waals surface area contributed by atoms with Gasteiger partial charge in [0.25, 0.3) is 0 Å². The lowest BCUT2D eigenvalue weighted by Gasteiger charge is -2.22. The fraction of sp³-hybridized carbons (Fsp3) is 1.00. The molecule has 1 N–H and O–H groups in total. The molecule has 1 aliphatic rings. The minimum Gasteiger partial charge on any atom is -0.325 e. The third kappa shape index (κ3) is 4.96. The number of nitrogens with one attached hydrogen (secondary N) is 1. The highest BCUT2D eigenvalue weighted by molar-refractivity contribution is 7.53. The summed E-state index contributed by atoms with van der Waals surface area (Å²) in [6, 6.07) is 0. The van der Waals surface area contributed by atoms with Crippen LogP contribution < -0.4 is 4.90 Å². The zero-order chi connectivity index (χ0) is 11.9. The maximum atomic E-state index is 12.3. The zero-order valence-corrected chi connectivity index (χ0v) is 11.4. The van der Waals surface area contributed by atoms with Crippen LogP contribution >= 0.6 is 7.60 Å². The van der Waals surface area contributed by atoms with E-state index in [0.29, 0.717) is 19.5 Å². The van der Waals surface area contributed by atoms with Gasteiger partial charge < -0.3 is 13.9 Å². The van der Waals surface area contributed by atoms with E-state index in [4.69, 9.17) is 9.05 Å². The Morgan fingerprint density at radius 2 is 1.50 bits per heavy atom. The molecule has 0 aromatic rings. The van der Waals surface area contributed by atoms with Crippen molar-refractivity contribution in [2.45, 2.75) is 39.5 Å². The first-order chi connectivity index (χ1) is 7.70. The zero-order valence-electron chi connectivity index (χ0n) is 10.5. The number of hydrogen-bond acceptors (Lipinski definition) is 3. The summed E-state index contributed by atoms with van der Waals surface area (Å²) in [5.74, 6) is 0. The fourth-order valence-electron chi connectivity index (χ4n) is 2.18. The lowest BCUT2D eigenvalue weighted by atomic mass is 10.2. The molecular weight excluding hydrogens is 225 g/mol. The monoisotopic (exact) mass is 250 g/mol. The van der Waals surface area contributed by atoms with E-state index in [-0.39, 0.29) is 0 Å². The molecule has 0 bridgehead atoms. The molecule has 0 spiro atoms. The highest BCUT2D eigenvalue weighted by atomic mass is 31.2. The van der Waals surface area contributed by atoms with Gasteiger partial charge in [-0.25, -0.2) is 0 Å². The Kier molecular flexibility index (Phi) is 6.59. The van der Waals surface area contributed by atoms with Gasteiger partial charge in [0.1, 0.15) is 0 Å². The van der Waals surface area contributed by atoms with E-state index < -0.39 is 7.60 Å². The first-order valence-electron chi connectivity index (χ1n) is 6.42. The molecule has 0 radical (unpaired) electrons. The van der Waals surface area contributed by atoms with Gasteiger partial charge in [-0.1, -0.05) is 0 Å². The molecule has 1 heterocycles. The molecule has 5 heteroatoms. The third-order valence-corrected chi connectivity index (χ3v) is 5.02. The van der Waals surface area contributed by atoms with Gasteiger partial charge in [-0.15, -0.1) is 0 Å². The summed E-state index contributed by atoms with van der Waals surface area (Å²) in [5, 5.41) is 0. The van der Waals surface area contributed by atoms with Crippen molar-refractivity contribution in [3.63, 3.8) is 0 Å². The third-order valence-electron chi connectivity index (χ3n) is 2.88. The van der Waals surface area contributed by atoms with Crippen molar-refractivity contribution in [3.05, 3.63) is 0 Å². The normalized spacial score (nSPS) is 19.6. The maximum absolute atomic E-state index is 12.3. The van der Waals surface area contributed by atoms with Gasteiger partial charge in [0.2, 0.25) is 0 Å². The lowest BCUT2D eigenvalue weighted by molar-refractivity contribution is -0.888. The number of rotatable bonds is 6. The smallest absolute Gasteiger partial charge is 0.325 e. The molecule has 0 aromatic heterocycles. The van der Waals surface area contributed by atoms with Crippen molar-refractivity contribution < 1.29 is 18.5 Å². The number of quaternary nitrogens is 1. The van der Waals surface area contributed by atoms with E-state index in [0.717, 1.165) is 13.1 Å². The van der Waals surface area contributed by atoms with Crippen LogP contribution in [0.15, 0.2) is 0 Å². The van der Waals surface area contributed by atoms with Gasteiger partial charge in [0, 0.05) is 0 Å². The number of likely N-dealkylation sites (tertiary alicyclic amines) is 1. The van der Waals surface area contributed by atoms with Crippen LogP contribution in [-0.4, -0.2) is 32.6 Å². The largest absolute Gasteiger partial charge is 0.384 e. The van der Waals surface area contributed by atoms with E-state index in [1.165, 1.54) is 30.6 Å². The molecule has 0 saturated carbocycles. The molecule has 0 unspecified atom stereocenters. The Labute approximate surface area is 98.8 Å². The Morgan fingerprint density at radius 1 is 1.00 bits per heavy atom. The molecule has 0 amide bonds. The minimum absolute atomic E-state index is 0.463. The van der Waals surface area contributed by atoms with Crippen molar-refractivity contribution in [2.75, 3.05) is 32.6 Å². The van der Waals surface area contributed by atoms with Crippen LogP contribution in [0.4, 0.5) is 0 Å². The van der Waals surface area contributed by atoms with Gasteiger partial charge in [-0.2, -0.15) is 0 Å². The highest BCUT2D eigenvalue weighted by Gasteiger charge is 2.30. The first-order valence-corrected chi connectivity index (χ1v) is 8.14. The molecule has 16 heavy (non-hydrogen) atoms. The molecule has 1 fully saturated rings. The van der Waals surface area contributed by atoms with E-state index in [1.807, 2.05) is 13.8 Å². The summed E-state index contributed by atoms with van der Waals surface area (Å²) >= 11 is 0. The van der Waals surface area contributed by atoms with Crippen LogP contribution in [0.5, 0.6) is 0 Å². The van der Waals surface area contributed by atoms with Crippen LogP contribution in [0.3, 0.4) is 0 Å². The first kappa shape index (κ1) is 14.2. The van der Waals surface area contributed by atoms with Crippen LogP contribution in [-0.2, 0) is 13.6 Å². The second-order valence-corrected chi connectivity index (χ2v) is 6.32. The average Bonchev–Trinajstić information content (AvgIpc) is 2.46. The summed E-state index contributed by atoms with van der Waals surface area (Å²) in [5.41, 5.74) is 0. The lowest BCUT2D eigenvalue weighted by Crippen LogP contribution is -3.11. The average molecular weight is 250 g/mol. The summed E-state index contributed by atoms with van der Waals surface area (Å²) < 4.78 is 23.0. The topological polar surface area (TPSA) is 40.0 Å². The molecule has 0 aliphatic carbocycles. The van der Waals surface area contributed by atoms with Gasteiger partial charge in [-0.3, -0.25) is 4.57 Å². The molecule has 96 valence electrons. The van der Waals surface area contributed by atoms with E-state index in [9.17, 15) is 4.57 Å². The second-order valence-electron chi connectivity index (χ2n) is 4.27. The summed E-state index contributed by atoms with van der Waals surface area (Å²) in [6.45, 7) is 6.86. The van der Waals surface area contributed by atoms with E-state index >= 15 is 0 Å². The van der Waals surface area contributed by atoms with Crippen LogP contribution in [0, 0.1) is 0 Å². The van der Waals surface area contributed by atoms with Crippen LogP contribution in [0.2, 0.25) is 0 Å². The van der Waals surface area contributed by atoms with E-state index in [2.05, 4.69) is 0 Å². The number of hydrogen-bond donors (Lipinski definition) is 1. The van der Waals surface area contributed by atoms with Crippen molar-refractivity contribution in [2.24, 2.45) is 0 Å². The van der Waals surface area contributed by atoms with Gasteiger partial charge in [0.15, 0.2) is 6.29 Å². The SMILES string of the molecule is CCOP(=O)(C[NH+]1CCCCCC1)OCC. The van der Waals surface area contributed by atoms with Crippen molar-refractivity contribution in [1.29, 1.82) is 0 Å². The quantitative estimate of drug-likeness (QED) is 0.729. The van der Waals surface area contributed by atoms with Gasteiger partial charge in [-0.05, 0) is 39.5 Å². The predicted molar refractivity (Wildman–Crippen MR) is 64.9 cm³/mol. The summed E-state index contributed by atoms with van der Waals surface area (Å²) in [4.78, 5) is 1.38. The van der Waals surface area contributed by atoms with Crippen molar-refractivity contribution in [1.82, 2.24) is 0 Å². The Bertz CT molecular complexity index is 217. The Hall–Kier alpha value is 0.110. The van der Waals surface area contributed by atoms with Crippen molar-refractivity contribution in [3.8, 4) is 0 Å². The summed E-state index contributed by atoms with van der Waals surface area (Å²) in [7, 11) is -2.84. The maximum Gasteiger partial charge on any atom is 0.384 e. The fourth-order valence-corrected chi connectivity index (χ4v) is 4.09. The van der Waals surface area contributed by atoms with E-state index in [1.54, 1.807) is 0 Å². The second kappa shape index (κ2) is 7.44. The summed E-state index contributed by atoms with van der Waals surface area (Å²) in [6.07, 6.45) is 5.60. The molecule has 1 saturated heterocycles. The molecular formula is C11H25NO3P+. The van der Waals surface area contributed by atoms with Crippen LogP contribution in [0.25, 0.3) is 0 Å². The Balaban J connectivity index is 2.48. The molecule has 0 atom stereocenters. The minimum atomic E-state index is -2.84. The van der Waals surface area contributed by atoms with Crippen molar-refractivity contribution >= 4 is 7.60 Å². The van der Waals surface area contributed by atoms with Crippen LogP contribution in [0.1, 0.15) is 39.5 Å². The molecule has 0 aromatic carbocycles. The Morgan fingerprint density at radius 3 is 1.94 bits per heavy atom.